The van der Waals surface area contributed by atoms with Crippen molar-refractivity contribution in [3.05, 3.63) is 48.2 Å². The summed E-state index contributed by atoms with van der Waals surface area (Å²) in [5.41, 5.74) is 2.04. The van der Waals surface area contributed by atoms with E-state index in [-0.39, 0.29) is 47.7 Å². The van der Waals surface area contributed by atoms with Crippen LogP contribution in [0.2, 0.25) is 0 Å². The Bertz CT molecular complexity index is 1680. The fraction of sp³-hybridized carbons (Fsp3) is 0.515. The lowest BCUT2D eigenvalue weighted by Crippen LogP contribution is -2.54. The number of rotatable bonds is 10. The molecule has 1 aliphatic heterocycles. The standard InChI is InChI=1S/C33H41F3N4O5S/c1-32(39-15-18-44-19-16-39)12-10-24(11-13-32)38-28-6-3-7-30-27(28)21-25(40(30)23-33(34,35)36)5-4-14-37-29-9-8-26(46(2,42)43)22-31(29)45-20-17-41/h3,6-9,21-22,24,37-38,41H,10-20,23H2,1-2H3. The van der Waals surface area contributed by atoms with Gasteiger partial charge in [0.25, 0.3) is 0 Å². The summed E-state index contributed by atoms with van der Waals surface area (Å²) in [5.74, 6) is 6.02. The van der Waals surface area contributed by atoms with E-state index >= 15 is 0 Å². The van der Waals surface area contributed by atoms with Crippen molar-refractivity contribution in [1.82, 2.24) is 9.47 Å². The summed E-state index contributed by atoms with van der Waals surface area (Å²) >= 11 is 0. The summed E-state index contributed by atoms with van der Waals surface area (Å²) in [4.78, 5) is 2.58. The van der Waals surface area contributed by atoms with E-state index in [2.05, 4.69) is 34.3 Å². The van der Waals surface area contributed by atoms with Gasteiger partial charge in [0.1, 0.15) is 18.9 Å². The minimum atomic E-state index is -4.45. The number of aromatic nitrogens is 1. The highest BCUT2D eigenvalue weighted by atomic mass is 32.2. The lowest BCUT2D eigenvalue weighted by atomic mass is 9.79. The third-order valence-corrected chi connectivity index (χ3v) is 9.90. The molecule has 2 fully saturated rings. The average molecular weight is 663 g/mol. The predicted octanol–water partition coefficient (Wildman–Crippen LogP) is 4.89. The van der Waals surface area contributed by atoms with Crippen LogP contribution in [0.15, 0.2) is 47.4 Å². The molecule has 0 unspecified atom stereocenters. The molecule has 2 heterocycles. The zero-order valence-corrected chi connectivity index (χ0v) is 26.9. The number of morpholine rings is 1. The highest BCUT2D eigenvalue weighted by molar-refractivity contribution is 7.90. The Balaban J connectivity index is 1.34. The second kappa shape index (κ2) is 14.1. The van der Waals surface area contributed by atoms with Crippen molar-refractivity contribution >= 4 is 32.1 Å². The molecule has 1 saturated heterocycles. The smallest absolute Gasteiger partial charge is 0.406 e. The van der Waals surface area contributed by atoms with Gasteiger partial charge in [0.2, 0.25) is 0 Å². The molecule has 46 heavy (non-hydrogen) atoms. The van der Waals surface area contributed by atoms with Crippen molar-refractivity contribution < 1.29 is 36.2 Å². The SMILES string of the molecule is CC1(N2CCOCC2)CCC(Nc2cccc3c2cc(C#CCNc2ccc(S(C)(=O)=O)cc2OCCO)n3CC(F)(F)F)CC1. The molecular formula is C33H41F3N4O5S. The van der Waals surface area contributed by atoms with Crippen molar-refractivity contribution in [2.45, 2.75) is 61.8 Å². The Morgan fingerprint density at radius 2 is 1.85 bits per heavy atom. The molecule has 13 heteroatoms. The fourth-order valence-corrected chi connectivity index (χ4v) is 6.95. The number of nitrogens with one attached hydrogen (secondary N) is 2. The van der Waals surface area contributed by atoms with Gasteiger partial charge in [0.15, 0.2) is 9.84 Å². The first kappa shape index (κ1) is 33.9. The molecule has 5 rings (SSSR count). The van der Waals surface area contributed by atoms with E-state index in [9.17, 15) is 21.6 Å². The molecule has 2 aliphatic rings. The molecule has 0 amide bonds. The Labute approximate surface area is 268 Å². The van der Waals surface area contributed by atoms with E-state index < -0.39 is 22.6 Å². The van der Waals surface area contributed by atoms with E-state index in [1.165, 1.54) is 22.8 Å². The average Bonchev–Trinajstić information content (AvgIpc) is 3.36. The van der Waals surface area contributed by atoms with E-state index in [1.807, 2.05) is 6.07 Å². The van der Waals surface area contributed by atoms with E-state index in [0.29, 0.717) is 16.6 Å². The molecule has 1 aliphatic carbocycles. The van der Waals surface area contributed by atoms with Crippen LogP contribution in [0.3, 0.4) is 0 Å². The normalized spacial score (nSPS) is 21.0. The van der Waals surface area contributed by atoms with Gasteiger partial charge in [-0.3, -0.25) is 4.90 Å². The van der Waals surface area contributed by atoms with Crippen LogP contribution in [-0.2, 0) is 21.1 Å². The van der Waals surface area contributed by atoms with Gasteiger partial charge in [0, 0.05) is 48.1 Å². The first-order valence-corrected chi connectivity index (χ1v) is 17.3. The zero-order valence-electron chi connectivity index (χ0n) is 26.1. The summed E-state index contributed by atoms with van der Waals surface area (Å²) in [6.45, 7) is 4.28. The zero-order chi connectivity index (χ0) is 33.0. The number of aliphatic hydroxyl groups excluding tert-OH is 1. The van der Waals surface area contributed by atoms with Gasteiger partial charge >= 0.3 is 6.18 Å². The van der Waals surface area contributed by atoms with Crippen molar-refractivity contribution in [1.29, 1.82) is 0 Å². The number of hydrogen-bond donors (Lipinski definition) is 3. The molecular weight excluding hydrogens is 621 g/mol. The number of ether oxygens (including phenoxy) is 2. The monoisotopic (exact) mass is 662 g/mol. The largest absolute Gasteiger partial charge is 0.489 e. The fourth-order valence-electron chi connectivity index (χ4n) is 6.32. The highest BCUT2D eigenvalue weighted by Crippen LogP contribution is 2.37. The maximum atomic E-state index is 13.7. The van der Waals surface area contributed by atoms with Crippen LogP contribution in [0.4, 0.5) is 24.5 Å². The van der Waals surface area contributed by atoms with Crippen LogP contribution >= 0.6 is 0 Å². The molecule has 0 radical (unpaired) electrons. The summed E-state index contributed by atoms with van der Waals surface area (Å²) in [5, 5.41) is 16.5. The van der Waals surface area contributed by atoms with Crippen molar-refractivity contribution in [3.8, 4) is 17.6 Å². The van der Waals surface area contributed by atoms with Gasteiger partial charge in [0.05, 0.1) is 48.2 Å². The van der Waals surface area contributed by atoms with Gasteiger partial charge in [-0.2, -0.15) is 13.2 Å². The van der Waals surface area contributed by atoms with Gasteiger partial charge in [-0.05, 0) is 68.9 Å². The van der Waals surface area contributed by atoms with E-state index in [4.69, 9.17) is 14.6 Å². The van der Waals surface area contributed by atoms with Crippen LogP contribution in [-0.4, -0.2) is 93.1 Å². The summed E-state index contributed by atoms with van der Waals surface area (Å²) in [7, 11) is -3.49. The Morgan fingerprint density at radius 3 is 2.52 bits per heavy atom. The number of nitrogens with zero attached hydrogens (tertiary/aromatic N) is 2. The number of aliphatic hydroxyl groups is 1. The van der Waals surface area contributed by atoms with Crippen molar-refractivity contribution in [3.63, 3.8) is 0 Å². The molecule has 3 N–H and O–H groups in total. The number of hydrogen-bond acceptors (Lipinski definition) is 8. The highest BCUT2D eigenvalue weighted by Gasteiger charge is 2.37. The number of sulfone groups is 1. The quantitative estimate of drug-likeness (QED) is 0.264. The van der Waals surface area contributed by atoms with Crippen molar-refractivity contribution in [2.24, 2.45) is 0 Å². The maximum Gasteiger partial charge on any atom is 0.406 e. The molecule has 0 spiro atoms. The predicted molar refractivity (Wildman–Crippen MR) is 172 cm³/mol. The Kier molecular flexibility index (Phi) is 10.4. The van der Waals surface area contributed by atoms with Gasteiger partial charge in [-0.15, -0.1) is 0 Å². The van der Waals surface area contributed by atoms with Crippen molar-refractivity contribution in [2.75, 3.05) is 63.0 Å². The number of halogens is 3. The van der Waals surface area contributed by atoms with E-state index in [1.54, 1.807) is 18.2 Å². The number of fused-ring (bicyclic) bond motifs is 1. The van der Waals surface area contributed by atoms with Gasteiger partial charge in [-0.25, -0.2) is 8.42 Å². The number of benzene rings is 2. The van der Waals surface area contributed by atoms with Crippen LogP contribution < -0.4 is 15.4 Å². The van der Waals surface area contributed by atoms with Crippen LogP contribution in [0, 0.1) is 11.8 Å². The molecule has 3 aromatic rings. The first-order chi connectivity index (χ1) is 21.9. The van der Waals surface area contributed by atoms with E-state index in [0.717, 1.165) is 63.9 Å². The van der Waals surface area contributed by atoms with Gasteiger partial charge < -0.3 is 29.8 Å². The molecule has 0 bridgehead atoms. The lowest BCUT2D eigenvalue weighted by Gasteiger charge is -2.47. The Morgan fingerprint density at radius 1 is 1.11 bits per heavy atom. The third-order valence-electron chi connectivity index (χ3n) is 8.79. The topological polar surface area (TPSA) is 105 Å². The first-order valence-electron chi connectivity index (χ1n) is 15.5. The second-order valence-electron chi connectivity index (χ2n) is 12.1. The van der Waals surface area contributed by atoms with Crippen LogP contribution in [0.25, 0.3) is 10.9 Å². The lowest BCUT2D eigenvalue weighted by molar-refractivity contribution is -0.140. The molecule has 250 valence electrons. The summed E-state index contributed by atoms with van der Waals surface area (Å²) < 4.78 is 77.3. The van der Waals surface area contributed by atoms with Crippen LogP contribution in [0.5, 0.6) is 5.75 Å². The summed E-state index contributed by atoms with van der Waals surface area (Å²) in [6, 6.07) is 11.6. The minimum Gasteiger partial charge on any atom is -0.489 e. The minimum absolute atomic E-state index is 0.0461. The molecule has 2 aromatic carbocycles. The Hall–Kier alpha value is -3.44. The number of alkyl halides is 3. The summed E-state index contributed by atoms with van der Waals surface area (Å²) in [6.07, 6.45) is 0.612. The molecule has 1 aromatic heterocycles. The third kappa shape index (κ3) is 8.28. The number of anilines is 2. The van der Waals surface area contributed by atoms with Gasteiger partial charge in [-0.1, -0.05) is 12.0 Å². The second-order valence-corrected chi connectivity index (χ2v) is 14.2. The molecule has 0 atom stereocenters. The van der Waals surface area contributed by atoms with Crippen LogP contribution in [0.1, 0.15) is 38.3 Å². The molecule has 1 saturated carbocycles. The maximum absolute atomic E-state index is 13.7. The molecule has 9 nitrogen and oxygen atoms in total.